The third-order valence-corrected chi connectivity index (χ3v) is 7.00. The summed E-state index contributed by atoms with van der Waals surface area (Å²) in [5, 5.41) is 12.9. The number of benzene rings is 3. The van der Waals surface area contributed by atoms with Crippen molar-refractivity contribution in [3.63, 3.8) is 0 Å². The van der Waals surface area contributed by atoms with Crippen LogP contribution in [0.15, 0.2) is 66.7 Å². The third kappa shape index (κ3) is 8.33. The second kappa shape index (κ2) is 14.9. The van der Waals surface area contributed by atoms with Crippen molar-refractivity contribution < 1.29 is 24.2 Å². The fraction of sp³-hybridized carbons (Fsp3) is 0.333. The van der Waals surface area contributed by atoms with E-state index in [0.717, 1.165) is 27.8 Å². The predicted octanol–water partition coefficient (Wildman–Crippen LogP) is 6.55. The van der Waals surface area contributed by atoms with Gasteiger partial charge in [0, 0.05) is 17.2 Å². The number of nitrogens with one attached hydrogen (secondary N) is 1. The molecule has 0 aliphatic heterocycles. The van der Waals surface area contributed by atoms with Gasteiger partial charge in [0.2, 0.25) is 0 Å². The van der Waals surface area contributed by atoms with E-state index < -0.39 is 17.9 Å². The lowest BCUT2D eigenvalue weighted by Gasteiger charge is -2.20. The van der Waals surface area contributed by atoms with Crippen molar-refractivity contribution in [2.75, 3.05) is 25.2 Å². The molecule has 0 fully saturated rings. The van der Waals surface area contributed by atoms with Crippen LogP contribution in [0.3, 0.4) is 0 Å². The Morgan fingerprint density at radius 1 is 1.05 bits per heavy atom. The largest absolute Gasteiger partial charge is 0.480 e. The molecule has 0 aromatic heterocycles. The minimum absolute atomic E-state index is 0.288. The third-order valence-electron chi connectivity index (χ3n) is 6.12. The molecule has 6 nitrogen and oxygen atoms in total. The molecular weight excluding hydrogens is 522 g/mol. The minimum Gasteiger partial charge on any atom is -0.480 e. The molecule has 0 bridgehead atoms. The standard InChI is InChI=1S/C30H34ClNO5S/c1-4-36-19-28(22-9-7-10-23(31)17-22)37-18-21-12-13-25(26(16-21)24-11-6-5-8-20(24)2)29(33)32-27(30(34)35)14-15-38-3/h5-13,16-17,27-28H,4,14-15,18-19H2,1-3H3,(H,32,33)(H,34,35)/t27-,28-/m0/s1. The smallest absolute Gasteiger partial charge is 0.326 e. The van der Waals surface area contributed by atoms with Crippen LogP contribution in [0.5, 0.6) is 0 Å². The molecule has 3 aromatic carbocycles. The maximum atomic E-state index is 13.3. The van der Waals surface area contributed by atoms with Crippen LogP contribution in [0.25, 0.3) is 11.1 Å². The van der Waals surface area contributed by atoms with Crippen molar-refractivity contribution in [2.45, 2.75) is 39.0 Å². The molecule has 38 heavy (non-hydrogen) atoms. The monoisotopic (exact) mass is 555 g/mol. The zero-order valence-electron chi connectivity index (χ0n) is 21.9. The number of aliphatic carboxylic acids is 1. The molecule has 3 aromatic rings. The van der Waals surface area contributed by atoms with Crippen LogP contribution in [-0.2, 0) is 20.9 Å². The molecule has 0 radical (unpaired) electrons. The summed E-state index contributed by atoms with van der Waals surface area (Å²) in [5.41, 5.74) is 4.84. The van der Waals surface area contributed by atoms with Crippen molar-refractivity contribution in [1.82, 2.24) is 5.32 Å². The molecule has 0 unspecified atom stereocenters. The molecule has 0 saturated heterocycles. The normalized spacial score (nSPS) is 12.6. The van der Waals surface area contributed by atoms with Gasteiger partial charge in [0.1, 0.15) is 12.1 Å². The molecule has 0 spiro atoms. The summed E-state index contributed by atoms with van der Waals surface area (Å²) in [6.45, 7) is 5.15. The van der Waals surface area contributed by atoms with Gasteiger partial charge in [0.25, 0.3) is 5.91 Å². The number of ether oxygens (including phenoxy) is 2. The summed E-state index contributed by atoms with van der Waals surface area (Å²) in [7, 11) is 0. The molecule has 202 valence electrons. The van der Waals surface area contributed by atoms with Crippen molar-refractivity contribution in [3.05, 3.63) is 94.0 Å². The summed E-state index contributed by atoms with van der Waals surface area (Å²) in [5.74, 6) is -0.832. The van der Waals surface area contributed by atoms with E-state index in [9.17, 15) is 14.7 Å². The van der Waals surface area contributed by atoms with E-state index in [1.165, 1.54) is 0 Å². The SMILES string of the molecule is CCOC[C@H](OCc1ccc(C(=O)N[C@@H](CCSC)C(=O)O)c(-c2ccccc2C)c1)c1cccc(Cl)c1. The lowest BCUT2D eigenvalue weighted by Crippen LogP contribution is -2.41. The molecule has 2 atom stereocenters. The van der Waals surface area contributed by atoms with E-state index in [-0.39, 0.29) is 12.7 Å². The molecule has 1 amide bonds. The molecule has 3 rings (SSSR count). The highest BCUT2D eigenvalue weighted by molar-refractivity contribution is 7.98. The van der Waals surface area contributed by atoms with Gasteiger partial charge in [-0.15, -0.1) is 0 Å². The number of thioether (sulfide) groups is 1. The van der Waals surface area contributed by atoms with Gasteiger partial charge >= 0.3 is 5.97 Å². The predicted molar refractivity (Wildman–Crippen MR) is 154 cm³/mol. The van der Waals surface area contributed by atoms with Crippen LogP contribution >= 0.6 is 23.4 Å². The van der Waals surface area contributed by atoms with E-state index in [2.05, 4.69) is 5.32 Å². The summed E-state index contributed by atoms with van der Waals surface area (Å²) in [6.07, 6.45) is 1.94. The van der Waals surface area contributed by atoms with Crippen molar-refractivity contribution >= 4 is 35.2 Å². The Labute approximate surface area is 233 Å². The number of halogens is 1. The number of hydrogen-bond donors (Lipinski definition) is 2. The topological polar surface area (TPSA) is 84.9 Å². The first-order valence-electron chi connectivity index (χ1n) is 12.5. The lowest BCUT2D eigenvalue weighted by atomic mass is 9.93. The van der Waals surface area contributed by atoms with Gasteiger partial charge in [-0.1, -0.05) is 54.1 Å². The van der Waals surface area contributed by atoms with Crippen LogP contribution < -0.4 is 5.32 Å². The molecule has 0 heterocycles. The molecule has 2 N–H and O–H groups in total. The average molecular weight is 556 g/mol. The number of hydrogen-bond acceptors (Lipinski definition) is 5. The Hall–Kier alpha value is -2.84. The maximum absolute atomic E-state index is 13.3. The number of carboxylic acid groups (broad SMARTS) is 1. The van der Waals surface area contributed by atoms with Gasteiger partial charge in [0.05, 0.1) is 13.2 Å². The summed E-state index contributed by atoms with van der Waals surface area (Å²) < 4.78 is 11.9. The summed E-state index contributed by atoms with van der Waals surface area (Å²) in [4.78, 5) is 25.0. The highest BCUT2D eigenvalue weighted by Gasteiger charge is 2.23. The lowest BCUT2D eigenvalue weighted by molar-refractivity contribution is -0.139. The zero-order valence-corrected chi connectivity index (χ0v) is 23.5. The van der Waals surface area contributed by atoms with E-state index >= 15 is 0 Å². The van der Waals surface area contributed by atoms with E-state index in [4.69, 9.17) is 21.1 Å². The minimum atomic E-state index is -1.05. The number of amides is 1. The fourth-order valence-electron chi connectivity index (χ4n) is 4.08. The number of rotatable bonds is 14. The van der Waals surface area contributed by atoms with Crippen LogP contribution in [-0.4, -0.2) is 48.2 Å². The first-order chi connectivity index (χ1) is 18.3. The maximum Gasteiger partial charge on any atom is 0.326 e. The Balaban J connectivity index is 1.90. The zero-order chi connectivity index (χ0) is 27.5. The van der Waals surface area contributed by atoms with Gasteiger partial charge in [0.15, 0.2) is 0 Å². The average Bonchev–Trinajstić information content (AvgIpc) is 2.91. The Morgan fingerprint density at radius 2 is 1.84 bits per heavy atom. The number of aryl methyl sites for hydroxylation is 1. The van der Waals surface area contributed by atoms with Gasteiger partial charge in [-0.2, -0.15) is 11.8 Å². The highest BCUT2D eigenvalue weighted by atomic mass is 35.5. The van der Waals surface area contributed by atoms with E-state index in [1.807, 2.05) is 80.8 Å². The van der Waals surface area contributed by atoms with E-state index in [0.29, 0.717) is 36.0 Å². The van der Waals surface area contributed by atoms with Gasteiger partial charge in [-0.3, -0.25) is 4.79 Å². The van der Waals surface area contributed by atoms with Crippen LogP contribution in [0.2, 0.25) is 5.02 Å². The Bertz CT molecular complexity index is 1230. The molecular formula is C30H34ClNO5S. The van der Waals surface area contributed by atoms with Crippen molar-refractivity contribution in [2.24, 2.45) is 0 Å². The molecule has 8 heteroatoms. The molecule has 0 aliphatic rings. The number of carboxylic acids is 1. The van der Waals surface area contributed by atoms with Crippen LogP contribution in [0, 0.1) is 6.92 Å². The van der Waals surface area contributed by atoms with Crippen LogP contribution in [0.1, 0.15) is 46.5 Å². The molecule has 0 aliphatic carbocycles. The number of carbonyl (C=O) groups is 2. The first kappa shape index (κ1) is 29.7. The molecule has 0 saturated carbocycles. The van der Waals surface area contributed by atoms with E-state index in [1.54, 1.807) is 17.8 Å². The Morgan fingerprint density at radius 3 is 2.53 bits per heavy atom. The van der Waals surface area contributed by atoms with Crippen molar-refractivity contribution in [3.8, 4) is 11.1 Å². The first-order valence-corrected chi connectivity index (χ1v) is 14.3. The second-order valence-corrected chi connectivity index (χ2v) is 10.3. The summed E-state index contributed by atoms with van der Waals surface area (Å²) in [6, 6.07) is 19.9. The quantitative estimate of drug-likeness (QED) is 0.235. The second-order valence-electron chi connectivity index (χ2n) is 8.85. The fourth-order valence-corrected chi connectivity index (χ4v) is 4.75. The highest BCUT2D eigenvalue weighted by Crippen LogP contribution is 2.30. The van der Waals surface area contributed by atoms with Gasteiger partial charge < -0.3 is 19.9 Å². The van der Waals surface area contributed by atoms with Gasteiger partial charge in [-0.25, -0.2) is 4.79 Å². The van der Waals surface area contributed by atoms with Gasteiger partial charge in [-0.05, 0) is 84.4 Å². The Kier molecular flexibility index (Phi) is 11.7. The number of carbonyl (C=O) groups excluding carboxylic acids is 1. The van der Waals surface area contributed by atoms with Crippen LogP contribution in [0.4, 0.5) is 0 Å². The summed E-state index contributed by atoms with van der Waals surface area (Å²) >= 11 is 7.74. The van der Waals surface area contributed by atoms with Crippen molar-refractivity contribution in [1.29, 1.82) is 0 Å².